The van der Waals surface area contributed by atoms with Crippen molar-refractivity contribution in [3.63, 3.8) is 0 Å². The number of benzene rings is 1. The Morgan fingerprint density at radius 3 is 2.12 bits per heavy atom. The third kappa shape index (κ3) is 9.66. The van der Waals surface area contributed by atoms with Gasteiger partial charge in [-0.2, -0.15) is 11.8 Å². The summed E-state index contributed by atoms with van der Waals surface area (Å²) in [5.41, 5.74) is 1.24. The number of carbonyl (C=O) groups is 1. The second-order valence-corrected chi connectivity index (χ2v) is 8.87. The normalized spacial score (nSPS) is 13.7. The van der Waals surface area contributed by atoms with Crippen molar-refractivity contribution in [2.24, 2.45) is 11.8 Å². The maximum atomic E-state index is 11.5. The topological polar surface area (TPSA) is 37.3 Å². The minimum Gasteiger partial charge on any atom is -0.481 e. The lowest BCUT2D eigenvalue weighted by Gasteiger charge is -2.22. The van der Waals surface area contributed by atoms with Crippen LogP contribution in [0, 0.1) is 11.8 Å². The molecule has 3 heteroatoms. The Kier molecular flexibility index (Phi) is 12.6. The van der Waals surface area contributed by atoms with Gasteiger partial charge in [0.1, 0.15) is 0 Å². The van der Waals surface area contributed by atoms with E-state index in [1.54, 1.807) is 0 Å². The maximum absolute atomic E-state index is 11.5. The highest BCUT2D eigenvalue weighted by Crippen LogP contribution is 2.27. The van der Waals surface area contributed by atoms with Crippen LogP contribution in [0.3, 0.4) is 0 Å². The van der Waals surface area contributed by atoms with Crippen LogP contribution in [-0.2, 0) is 11.2 Å². The van der Waals surface area contributed by atoms with Crippen molar-refractivity contribution in [3.8, 4) is 0 Å². The van der Waals surface area contributed by atoms with E-state index in [4.69, 9.17) is 0 Å². The summed E-state index contributed by atoms with van der Waals surface area (Å²) in [6.45, 7) is 6.40. The Bertz CT molecular complexity index is 466. The van der Waals surface area contributed by atoms with Gasteiger partial charge in [0.15, 0.2) is 0 Å². The molecule has 2 unspecified atom stereocenters. The zero-order valence-electron chi connectivity index (χ0n) is 17.0. The van der Waals surface area contributed by atoms with Gasteiger partial charge in [0.2, 0.25) is 0 Å². The molecule has 1 aromatic carbocycles. The summed E-state index contributed by atoms with van der Waals surface area (Å²) in [6.07, 6.45) is 11.3. The minimum atomic E-state index is -0.679. The quantitative estimate of drug-likeness (QED) is 0.340. The number of unbranched alkanes of at least 4 members (excludes halogenated alkanes) is 2. The summed E-state index contributed by atoms with van der Waals surface area (Å²) in [4.78, 5) is 11.5. The summed E-state index contributed by atoms with van der Waals surface area (Å²) in [5.74, 6) is 0.947. The summed E-state index contributed by atoms with van der Waals surface area (Å²) < 4.78 is 0. The molecule has 0 radical (unpaired) electrons. The van der Waals surface area contributed by atoms with Gasteiger partial charge >= 0.3 is 5.97 Å². The molecule has 0 aliphatic rings. The van der Waals surface area contributed by atoms with E-state index in [2.05, 4.69) is 26.0 Å². The number of rotatable bonds is 15. The first-order valence-corrected chi connectivity index (χ1v) is 11.5. The molecule has 26 heavy (non-hydrogen) atoms. The van der Waals surface area contributed by atoms with Gasteiger partial charge < -0.3 is 5.11 Å². The molecule has 0 heterocycles. The third-order valence-electron chi connectivity index (χ3n) is 5.25. The Morgan fingerprint density at radius 2 is 1.58 bits per heavy atom. The molecule has 0 spiro atoms. The fraction of sp³-hybridized carbons (Fsp3) is 0.696. The van der Waals surface area contributed by atoms with E-state index in [-0.39, 0.29) is 11.2 Å². The first-order valence-electron chi connectivity index (χ1n) is 10.5. The van der Waals surface area contributed by atoms with Crippen molar-refractivity contribution in [3.05, 3.63) is 35.9 Å². The van der Waals surface area contributed by atoms with Gasteiger partial charge in [0.05, 0.1) is 5.92 Å². The van der Waals surface area contributed by atoms with Crippen LogP contribution in [0.15, 0.2) is 30.3 Å². The molecule has 0 bridgehead atoms. The summed E-state index contributed by atoms with van der Waals surface area (Å²) in [7, 11) is 0. The van der Waals surface area contributed by atoms with Crippen molar-refractivity contribution in [1.82, 2.24) is 0 Å². The van der Waals surface area contributed by atoms with Gasteiger partial charge in [-0.15, -0.1) is 0 Å². The summed E-state index contributed by atoms with van der Waals surface area (Å²) in [5, 5.41) is 9.61. The highest BCUT2D eigenvalue weighted by Gasteiger charge is 2.24. The van der Waals surface area contributed by atoms with Crippen LogP contribution in [0.5, 0.6) is 0 Å². The van der Waals surface area contributed by atoms with Crippen molar-refractivity contribution in [1.29, 1.82) is 0 Å². The van der Waals surface area contributed by atoms with Crippen LogP contribution >= 0.6 is 11.8 Å². The molecular formula is C23H38O2S. The van der Waals surface area contributed by atoms with E-state index in [1.807, 2.05) is 36.9 Å². The van der Waals surface area contributed by atoms with Crippen LogP contribution in [0.2, 0.25) is 0 Å². The van der Waals surface area contributed by atoms with E-state index < -0.39 is 5.97 Å². The lowest BCUT2D eigenvalue weighted by Crippen LogP contribution is -2.25. The molecule has 1 rings (SSSR count). The second kappa shape index (κ2) is 14.1. The zero-order valence-corrected chi connectivity index (χ0v) is 17.8. The van der Waals surface area contributed by atoms with Gasteiger partial charge in [-0.05, 0) is 36.5 Å². The Balaban J connectivity index is 2.47. The lowest BCUT2D eigenvalue weighted by atomic mass is 9.92. The predicted molar refractivity (Wildman–Crippen MR) is 115 cm³/mol. The Labute approximate surface area is 165 Å². The van der Waals surface area contributed by atoms with E-state index in [0.29, 0.717) is 0 Å². The molecule has 2 atom stereocenters. The van der Waals surface area contributed by atoms with Crippen LogP contribution in [0.4, 0.5) is 0 Å². The number of thioether (sulfide) groups is 1. The Morgan fingerprint density at radius 1 is 1.00 bits per heavy atom. The minimum absolute atomic E-state index is 0.152. The summed E-state index contributed by atoms with van der Waals surface area (Å²) >= 11 is 1.86. The molecule has 2 nitrogen and oxygen atoms in total. The molecule has 1 N–H and O–H groups in total. The van der Waals surface area contributed by atoms with E-state index in [9.17, 15) is 9.90 Å². The Hall–Kier alpha value is -0.960. The van der Waals surface area contributed by atoms with Crippen LogP contribution < -0.4 is 0 Å². The SMILES string of the molecule is CCCCC(CCCC)CCCSC(Cc1ccccc1)C(C)C(=O)O. The average molecular weight is 379 g/mol. The van der Waals surface area contributed by atoms with Crippen molar-refractivity contribution < 1.29 is 9.90 Å². The molecule has 0 fully saturated rings. The van der Waals surface area contributed by atoms with E-state index in [1.165, 1.54) is 56.9 Å². The van der Waals surface area contributed by atoms with Gasteiger partial charge in [0, 0.05) is 5.25 Å². The smallest absolute Gasteiger partial charge is 0.307 e. The standard InChI is InChI=1S/C23H38O2S/c1-4-6-12-20(13-7-5-2)16-11-17-26-22(19(3)23(24)25)18-21-14-9-8-10-15-21/h8-10,14-15,19-20,22H,4-7,11-13,16-18H2,1-3H3,(H,24,25). The fourth-order valence-corrected chi connectivity index (χ4v) is 4.76. The highest BCUT2D eigenvalue weighted by molar-refractivity contribution is 7.99. The van der Waals surface area contributed by atoms with Crippen molar-refractivity contribution in [2.75, 3.05) is 5.75 Å². The molecule has 1 aromatic rings. The highest BCUT2D eigenvalue weighted by atomic mass is 32.2. The van der Waals surface area contributed by atoms with Gasteiger partial charge in [-0.1, -0.05) is 89.6 Å². The number of aliphatic carboxylic acids is 1. The molecule has 0 saturated heterocycles. The monoisotopic (exact) mass is 378 g/mol. The largest absolute Gasteiger partial charge is 0.481 e. The number of carboxylic acid groups (broad SMARTS) is 1. The van der Waals surface area contributed by atoms with Crippen molar-refractivity contribution in [2.45, 2.75) is 83.8 Å². The van der Waals surface area contributed by atoms with Gasteiger partial charge in [-0.25, -0.2) is 0 Å². The average Bonchev–Trinajstić information content (AvgIpc) is 2.65. The van der Waals surface area contributed by atoms with Gasteiger partial charge in [0.25, 0.3) is 0 Å². The molecule has 0 aliphatic heterocycles. The van der Waals surface area contributed by atoms with E-state index in [0.717, 1.165) is 18.1 Å². The molecule has 0 amide bonds. The first-order chi connectivity index (χ1) is 12.6. The summed E-state index contributed by atoms with van der Waals surface area (Å²) in [6, 6.07) is 10.3. The fourth-order valence-electron chi connectivity index (χ4n) is 3.41. The molecule has 148 valence electrons. The molecule has 0 saturated carbocycles. The van der Waals surface area contributed by atoms with Crippen LogP contribution in [-0.4, -0.2) is 22.1 Å². The van der Waals surface area contributed by atoms with E-state index >= 15 is 0 Å². The molecule has 0 aliphatic carbocycles. The second-order valence-electron chi connectivity index (χ2n) is 7.52. The first kappa shape index (κ1) is 23.1. The predicted octanol–water partition coefficient (Wildman–Crippen LogP) is 6.83. The van der Waals surface area contributed by atoms with Crippen LogP contribution in [0.25, 0.3) is 0 Å². The molecular weight excluding hydrogens is 340 g/mol. The van der Waals surface area contributed by atoms with Crippen LogP contribution in [0.1, 0.15) is 77.7 Å². The number of hydrogen-bond acceptors (Lipinski definition) is 2. The zero-order chi connectivity index (χ0) is 19.2. The van der Waals surface area contributed by atoms with Crippen molar-refractivity contribution >= 4 is 17.7 Å². The third-order valence-corrected chi connectivity index (χ3v) is 6.77. The number of hydrogen-bond donors (Lipinski definition) is 1. The number of carboxylic acids is 1. The maximum Gasteiger partial charge on any atom is 0.307 e. The lowest BCUT2D eigenvalue weighted by molar-refractivity contribution is -0.141. The molecule has 0 aromatic heterocycles. The van der Waals surface area contributed by atoms with Gasteiger partial charge in [-0.3, -0.25) is 4.79 Å².